The van der Waals surface area contributed by atoms with Crippen molar-refractivity contribution in [2.75, 3.05) is 5.73 Å². The van der Waals surface area contributed by atoms with Crippen LogP contribution in [0.15, 0.2) is 27.5 Å². The first-order valence-corrected chi connectivity index (χ1v) is 7.18. The van der Waals surface area contributed by atoms with E-state index in [9.17, 15) is 15.3 Å². The van der Waals surface area contributed by atoms with E-state index in [-0.39, 0.29) is 22.5 Å². The van der Waals surface area contributed by atoms with Crippen LogP contribution in [0, 0.1) is 26.2 Å². The summed E-state index contributed by atoms with van der Waals surface area (Å²) in [7, 11) is 0. The maximum atomic E-state index is 11.9. The standard InChI is InChI=1S/C13H6BrIN4O/c14-8-2-1-3-9(15)11(8)10-6(4-16)12(18)19-13(20)7(10)5-17/h1-3H,(H3,18,19,20). The molecule has 0 saturated carbocycles. The molecule has 98 valence electrons. The van der Waals surface area contributed by atoms with Gasteiger partial charge in [-0.15, -0.1) is 0 Å². The normalized spacial score (nSPS) is 9.80. The van der Waals surface area contributed by atoms with E-state index in [1.807, 2.05) is 24.3 Å². The lowest BCUT2D eigenvalue weighted by Crippen LogP contribution is -2.16. The van der Waals surface area contributed by atoms with E-state index in [1.165, 1.54) is 0 Å². The minimum Gasteiger partial charge on any atom is -0.384 e. The van der Waals surface area contributed by atoms with E-state index in [4.69, 9.17) is 5.73 Å². The van der Waals surface area contributed by atoms with Crippen molar-refractivity contribution in [1.29, 1.82) is 10.5 Å². The number of nitrogen functional groups attached to an aromatic ring is 1. The maximum absolute atomic E-state index is 11.9. The second kappa shape index (κ2) is 5.65. The Balaban J connectivity index is 3.05. The zero-order valence-corrected chi connectivity index (χ0v) is 13.6. The van der Waals surface area contributed by atoms with Crippen molar-refractivity contribution in [2.24, 2.45) is 0 Å². The highest BCUT2D eigenvalue weighted by Crippen LogP contribution is 2.36. The number of hydrogen-bond acceptors (Lipinski definition) is 4. The zero-order valence-electron chi connectivity index (χ0n) is 9.87. The molecule has 0 unspecified atom stereocenters. The number of halogens is 2. The summed E-state index contributed by atoms with van der Waals surface area (Å²) in [6, 6.07) is 9.21. The van der Waals surface area contributed by atoms with E-state index in [1.54, 1.807) is 6.07 Å². The van der Waals surface area contributed by atoms with Gasteiger partial charge in [-0.3, -0.25) is 4.79 Å². The molecule has 2 aromatic rings. The first-order chi connectivity index (χ1) is 9.51. The van der Waals surface area contributed by atoms with Crippen molar-refractivity contribution in [3.05, 3.63) is 47.7 Å². The Bertz CT molecular complexity index is 825. The molecule has 0 spiro atoms. The molecule has 20 heavy (non-hydrogen) atoms. The topological polar surface area (TPSA) is 106 Å². The highest BCUT2D eigenvalue weighted by molar-refractivity contribution is 14.1. The van der Waals surface area contributed by atoms with Gasteiger partial charge in [0.15, 0.2) is 0 Å². The first-order valence-electron chi connectivity index (χ1n) is 5.31. The Kier molecular flexibility index (Phi) is 4.12. The fourth-order valence-corrected chi connectivity index (χ4v) is 3.53. The summed E-state index contributed by atoms with van der Waals surface area (Å²) in [5.74, 6) is -0.0435. The van der Waals surface area contributed by atoms with Crippen LogP contribution in [0.5, 0.6) is 0 Å². The lowest BCUT2D eigenvalue weighted by atomic mass is 9.97. The van der Waals surface area contributed by atoms with Gasteiger partial charge in [-0.25, -0.2) is 0 Å². The molecule has 0 aliphatic carbocycles. The number of aromatic amines is 1. The third kappa shape index (κ3) is 2.30. The molecule has 0 amide bonds. The van der Waals surface area contributed by atoms with Gasteiger partial charge in [-0.2, -0.15) is 10.5 Å². The first kappa shape index (κ1) is 14.6. The highest BCUT2D eigenvalue weighted by Gasteiger charge is 2.21. The van der Waals surface area contributed by atoms with Gasteiger partial charge < -0.3 is 10.7 Å². The van der Waals surface area contributed by atoms with Crippen LogP contribution in [-0.4, -0.2) is 4.98 Å². The van der Waals surface area contributed by atoms with Gasteiger partial charge in [-0.05, 0) is 34.7 Å². The van der Waals surface area contributed by atoms with Crippen molar-refractivity contribution in [2.45, 2.75) is 0 Å². The van der Waals surface area contributed by atoms with Crippen molar-refractivity contribution in [3.8, 4) is 23.3 Å². The molecule has 5 nitrogen and oxygen atoms in total. The minimum absolute atomic E-state index is 0.0435. The van der Waals surface area contributed by atoms with Crippen LogP contribution in [0.2, 0.25) is 0 Å². The summed E-state index contributed by atoms with van der Waals surface area (Å²) >= 11 is 5.46. The molecule has 1 aromatic carbocycles. The molecule has 0 bridgehead atoms. The van der Waals surface area contributed by atoms with E-state index in [2.05, 4.69) is 43.5 Å². The average molecular weight is 441 g/mol. The zero-order chi connectivity index (χ0) is 14.9. The van der Waals surface area contributed by atoms with E-state index in [0.717, 1.165) is 3.57 Å². The largest absolute Gasteiger partial charge is 0.384 e. The van der Waals surface area contributed by atoms with Gasteiger partial charge in [0.25, 0.3) is 5.56 Å². The average Bonchev–Trinajstić information content (AvgIpc) is 2.38. The number of pyridine rings is 1. The van der Waals surface area contributed by atoms with Crippen molar-refractivity contribution in [1.82, 2.24) is 4.98 Å². The summed E-state index contributed by atoms with van der Waals surface area (Å²) in [4.78, 5) is 14.2. The van der Waals surface area contributed by atoms with Gasteiger partial charge in [0.2, 0.25) is 0 Å². The number of nitrogens with two attached hydrogens (primary N) is 1. The highest BCUT2D eigenvalue weighted by atomic mass is 127. The van der Waals surface area contributed by atoms with Crippen LogP contribution in [0.25, 0.3) is 11.1 Å². The Morgan fingerprint density at radius 1 is 1.20 bits per heavy atom. The smallest absolute Gasteiger partial charge is 0.268 e. The lowest BCUT2D eigenvalue weighted by Gasteiger charge is -2.12. The van der Waals surface area contributed by atoms with Crippen LogP contribution < -0.4 is 11.3 Å². The summed E-state index contributed by atoms with van der Waals surface area (Å²) in [6.45, 7) is 0. The molecule has 3 N–H and O–H groups in total. The lowest BCUT2D eigenvalue weighted by molar-refractivity contribution is 1.21. The number of nitrogens with zero attached hydrogens (tertiary/aromatic N) is 2. The van der Waals surface area contributed by atoms with E-state index in [0.29, 0.717) is 10.0 Å². The second-order valence-corrected chi connectivity index (χ2v) is 5.83. The Hall–Kier alpha value is -1.84. The molecule has 7 heteroatoms. The van der Waals surface area contributed by atoms with Crippen LogP contribution >= 0.6 is 38.5 Å². The predicted molar refractivity (Wildman–Crippen MR) is 86.8 cm³/mol. The molecule has 1 aromatic heterocycles. The van der Waals surface area contributed by atoms with Crippen LogP contribution in [-0.2, 0) is 0 Å². The quantitative estimate of drug-likeness (QED) is 0.664. The van der Waals surface area contributed by atoms with Crippen LogP contribution in [0.4, 0.5) is 5.82 Å². The number of nitrogens with one attached hydrogen (secondary N) is 1. The van der Waals surface area contributed by atoms with Crippen molar-refractivity contribution >= 4 is 44.3 Å². The Labute approximate surface area is 136 Å². The fraction of sp³-hybridized carbons (Fsp3) is 0. The molecule has 0 radical (unpaired) electrons. The van der Waals surface area contributed by atoms with Gasteiger partial charge in [0, 0.05) is 19.2 Å². The summed E-state index contributed by atoms with van der Waals surface area (Å²) in [5, 5.41) is 18.5. The van der Waals surface area contributed by atoms with Crippen molar-refractivity contribution in [3.63, 3.8) is 0 Å². The molecule has 0 aliphatic heterocycles. The summed E-state index contributed by atoms with van der Waals surface area (Å²) in [6.07, 6.45) is 0. The van der Waals surface area contributed by atoms with Gasteiger partial charge >= 0.3 is 0 Å². The Morgan fingerprint density at radius 3 is 2.40 bits per heavy atom. The molecular formula is C13H6BrIN4O. The SMILES string of the molecule is N#Cc1c(N)[nH]c(=O)c(C#N)c1-c1c(Br)cccc1I. The third-order valence-electron chi connectivity index (χ3n) is 2.68. The molecular weight excluding hydrogens is 435 g/mol. The monoisotopic (exact) mass is 440 g/mol. The van der Waals surface area contributed by atoms with Gasteiger partial charge in [0.05, 0.1) is 0 Å². The van der Waals surface area contributed by atoms with Gasteiger partial charge in [-0.1, -0.05) is 22.0 Å². The molecule has 0 saturated heterocycles. The third-order valence-corrected chi connectivity index (χ3v) is 4.24. The number of benzene rings is 1. The summed E-state index contributed by atoms with van der Waals surface area (Å²) in [5.41, 5.74) is 5.91. The molecule has 0 fully saturated rings. The van der Waals surface area contributed by atoms with Crippen LogP contribution in [0.1, 0.15) is 11.1 Å². The number of nitriles is 2. The molecule has 1 heterocycles. The van der Waals surface area contributed by atoms with Crippen LogP contribution in [0.3, 0.4) is 0 Å². The second-order valence-electron chi connectivity index (χ2n) is 3.81. The van der Waals surface area contributed by atoms with E-state index < -0.39 is 5.56 Å². The number of rotatable bonds is 1. The number of H-pyrrole nitrogens is 1. The number of aromatic nitrogens is 1. The minimum atomic E-state index is -0.606. The fourth-order valence-electron chi connectivity index (χ4n) is 1.83. The van der Waals surface area contributed by atoms with E-state index >= 15 is 0 Å². The molecule has 0 atom stereocenters. The Morgan fingerprint density at radius 2 is 1.85 bits per heavy atom. The van der Waals surface area contributed by atoms with Crippen molar-refractivity contribution < 1.29 is 0 Å². The maximum Gasteiger partial charge on any atom is 0.268 e. The number of hydrogen-bond donors (Lipinski definition) is 2. The molecule has 2 rings (SSSR count). The predicted octanol–water partition coefficient (Wildman–Crippen LogP) is 2.73. The molecule has 0 aliphatic rings. The van der Waals surface area contributed by atoms with Gasteiger partial charge in [0.1, 0.15) is 29.1 Å². The summed E-state index contributed by atoms with van der Waals surface area (Å²) < 4.78 is 1.48. The number of anilines is 1.